The molecule has 1 aliphatic heterocycles. The van der Waals surface area contributed by atoms with E-state index in [1.54, 1.807) is 5.56 Å². The van der Waals surface area contributed by atoms with Gasteiger partial charge >= 0.3 is 0 Å². The van der Waals surface area contributed by atoms with Crippen LogP contribution in [0.3, 0.4) is 0 Å². The topological polar surface area (TPSA) is 49.4 Å². The molecule has 0 radical (unpaired) electrons. The highest BCUT2D eigenvalue weighted by atomic mass is 16.2. The van der Waals surface area contributed by atoms with Crippen LogP contribution in [0.4, 0.5) is 0 Å². The summed E-state index contributed by atoms with van der Waals surface area (Å²) in [5, 5.41) is 2.47. The number of fused-ring (bicyclic) bond motifs is 1. The summed E-state index contributed by atoms with van der Waals surface area (Å²) >= 11 is 0. The van der Waals surface area contributed by atoms with Crippen LogP contribution in [0.25, 0.3) is 0 Å². The molecule has 2 aliphatic rings. The Bertz CT molecular complexity index is 891. The van der Waals surface area contributed by atoms with E-state index in [1.165, 1.54) is 30.4 Å². The number of nitrogens with zero attached hydrogens (tertiary/aromatic N) is 1. The zero-order chi connectivity index (χ0) is 21.0. The second kappa shape index (κ2) is 9.13. The van der Waals surface area contributed by atoms with Crippen LogP contribution in [-0.4, -0.2) is 36.9 Å². The second-order valence-electron chi connectivity index (χ2n) is 9.08. The molecule has 4 nitrogen and oxygen atoms in total. The van der Waals surface area contributed by atoms with Crippen molar-refractivity contribution in [2.24, 2.45) is 0 Å². The molecule has 2 aromatic carbocycles. The highest BCUT2D eigenvalue weighted by Gasteiger charge is 2.40. The molecule has 0 aromatic heterocycles. The van der Waals surface area contributed by atoms with Gasteiger partial charge in [-0.15, -0.1) is 0 Å². The smallest absolute Gasteiger partial charge is 0.227 e. The Morgan fingerprint density at radius 1 is 0.933 bits per heavy atom. The van der Waals surface area contributed by atoms with E-state index in [4.69, 9.17) is 0 Å². The normalized spacial score (nSPS) is 17.8. The van der Waals surface area contributed by atoms with E-state index < -0.39 is 0 Å². The molecule has 158 valence electrons. The SMILES string of the molecule is CN(CCCC1(c2ccccc2)CC(=O)NC(=O)C1)CCc1ccc2c(c1)CCC2. The van der Waals surface area contributed by atoms with Gasteiger partial charge in [0.1, 0.15) is 0 Å². The average Bonchev–Trinajstić information content (AvgIpc) is 3.20. The molecule has 2 aromatic rings. The molecule has 2 amide bonds. The lowest BCUT2D eigenvalue weighted by atomic mass is 9.69. The maximum Gasteiger partial charge on any atom is 0.227 e. The highest BCUT2D eigenvalue weighted by molar-refractivity contribution is 5.99. The summed E-state index contributed by atoms with van der Waals surface area (Å²) in [5.41, 5.74) is 5.23. The number of piperidine rings is 1. The zero-order valence-corrected chi connectivity index (χ0v) is 18.0. The largest absolute Gasteiger partial charge is 0.306 e. The van der Waals surface area contributed by atoms with Gasteiger partial charge in [0.15, 0.2) is 0 Å². The number of rotatable bonds is 8. The summed E-state index contributed by atoms with van der Waals surface area (Å²) in [6.07, 6.45) is 7.42. The van der Waals surface area contributed by atoms with E-state index in [1.807, 2.05) is 18.2 Å². The molecular weight excluding hydrogens is 372 g/mol. The van der Waals surface area contributed by atoms with E-state index in [9.17, 15) is 9.59 Å². The lowest BCUT2D eigenvalue weighted by molar-refractivity contribution is -0.135. The third kappa shape index (κ3) is 4.81. The summed E-state index contributed by atoms with van der Waals surface area (Å²) in [4.78, 5) is 26.7. The van der Waals surface area contributed by atoms with Gasteiger partial charge in [0.05, 0.1) is 0 Å². The van der Waals surface area contributed by atoms with Crippen molar-refractivity contribution in [1.82, 2.24) is 10.2 Å². The van der Waals surface area contributed by atoms with Crippen molar-refractivity contribution < 1.29 is 9.59 Å². The Morgan fingerprint density at radius 2 is 1.67 bits per heavy atom. The Hall–Kier alpha value is -2.46. The van der Waals surface area contributed by atoms with Crippen molar-refractivity contribution in [2.45, 2.75) is 56.8 Å². The summed E-state index contributed by atoms with van der Waals surface area (Å²) < 4.78 is 0. The molecule has 4 rings (SSSR count). The predicted octanol–water partition coefficient (Wildman–Crippen LogP) is 3.80. The quantitative estimate of drug-likeness (QED) is 0.681. The Balaban J connectivity index is 1.33. The summed E-state index contributed by atoms with van der Waals surface area (Å²) in [6, 6.07) is 17.1. The Morgan fingerprint density at radius 3 is 2.43 bits per heavy atom. The summed E-state index contributed by atoms with van der Waals surface area (Å²) in [6.45, 7) is 1.99. The monoisotopic (exact) mass is 404 g/mol. The number of carbonyl (C=O) groups is 2. The maximum absolute atomic E-state index is 12.2. The molecule has 1 aliphatic carbocycles. The number of aryl methyl sites for hydroxylation is 2. The van der Waals surface area contributed by atoms with Gasteiger partial charge in [-0.2, -0.15) is 0 Å². The number of hydrogen-bond acceptors (Lipinski definition) is 3. The van der Waals surface area contributed by atoms with Crippen LogP contribution in [0.5, 0.6) is 0 Å². The van der Waals surface area contributed by atoms with E-state index in [0.29, 0.717) is 12.8 Å². The first-order valence-corrected chi connectivity index (χ1v) is 11.2. The number of carbonyl (C=O) groups excluding carboxylic acids is 2. The molecule has 4 heteroatoms. The van der Waals surface area contributed by atoms with Gasteiger partial charge in [-0.05, 0) is 74.4 Å². The first kappa shape index (κ1) is 20.8. The van der Waals surface area contributed by atoms with E-state index in [2.05, 4.69) is 47.6 Å². The molecule has 0 bridgehead atoms. The number of nitrogens with one attached hydrogen (secondary N) is 1. The molecule has 1 N–H and O–H groups in total. The van der Waals surface area contributed by atoms with Crippen LogP contribution >= 0.6 is 0 Å². The van der Waals surface area contributed by atoms with E-state index in [0.717, 1.165) is 37.9 Å². The number of benzene rings is 2. The van der Waals surface area contributed by atoms with Gasteiger partial charge in [-0.3, -0.25) is 14.9 Å². The van der Waals surface area contributed by atoms with Crippen molar-refractivity contribution in [3.05, 3.63) is 70.8 Å². The minimum Gasteiger partial charge on any atom is -0.306 e. The van der Waals surface area contributed by atoms with Crippen molar-refractivity contribution in [2.75, 3.05) is 20.1 Å². The molecule has 1 saturated heterocycles. The Labute approximate surface area is 179 Å². The zero-order valence-electron chi connectivity index (χ0n) is 18.0. The number of likely N-dealkylation sites (N-methyl/N-ethyl adjacent to an activating group) is 1. The standard InChI is InChI=1S/C26H32N2O2/c1-28(16-13-20-11-12-21-7-5-8-22(21)17-20)15-6-14-26(23-9-3-2-4-10-23)18-24(29)27-25(30)19-26/h2-4,9-12,17H,5-8,13-16,18-19H2,1H3,(H,27,29,30). The number of amides is 2. The molecule has 30 heavy (non-hydrogen) atoms. The second-order valence-corrected chi connectivity index (χ2v) is 9.08. The van der Waals surface area contributed by atoms with Crippen LogP contribution in [0.2, 0.25) is 0 Å². The molecule has 1 fully saturated rings. The van der Waals surface area contributed by atoms with E-state index >= 15 is 0 Å². The van der Waals surface area contributed by atoms with Crippen LogP contribution in [0.1, 0.15) is 54.4 Å². The van der Waals surface area contributed by atoms with Crippen LogP contribution in [-0.2, 0) is 34.3 Å². The van der Waals surface area contributed by atoms with Crippen molar-refractivity contribution >= 4 is 11.8 Å². The van der Waals surface area contributed by atoms with Gasteiger partial charge < -0.3 is 4.90 Å². The molecule has 0 atom stereocenters. The van der Waals surface area contributed by atoms with Gasteiger partial charge in [-0.1, -0.05) is 48.5 Å². The fourth-order valence-corrected chi connectivity index (χ4v) is 5.14. The summed E-state index contributed by atoms with van der Waals surface area (Å²) in [5.74, 6) is -0.305. The van der Waals surface area contributed by atoms with Crippen molar-refractivity contribution in [3.8, 4) is 0 Å². The van der Waals surface area contributed by atoms with Gasteiger partial charge in [0, 0.05) is 24.8 Å². The van der Waals surface area contributed by atoms with Crippen LogP contribution in [0.15, 0.2) is 48.5 Å². The van der Waals surface area contributed by atoms with Gasteiger partial charge in [0.25, 0.3) is 0 Å². The van der Waals surface area contributed by atoms with Crippen LogP contribution in [0, 0.1) is 0 Å². The number of imide groups is 1. The van der Waals surface area contributed by atoms with Crippen LogP contribution < -0.4 is 5.32 Å². The lowest BCUT2D eigenvalue weighted by Crippen LogP contribution is -2.47. The third-order valence-electron chi connectivity index (χ3n) is 6.80. The molecule has 0 saturated carbocycles. The lowest BCUT2D eigenvalue weighted by Gasteiger charge is -2.37. The van der Waals surface area contributed by atoms with E-state index in [-0.39, 0.29) is 17.2 Å². The number of hydrogen-bond donors (Lipinski definition) is 1. The minimum atomic E-state index is -0.374. The predicted molar refractivity (Wildman–Crippen MR) is 119 cm³/mol. The Kier molecular flexibility index (Phi) is 6.33. The van der Waals surface area contributed by atoms with Gasteiger partial charge in [0.2, 0.25) is 11.8 Å². The summed E-state index contributed by atoms with van der Waals surface area (Å²) in [7, 11) is 2.17. The molecule has 0 unspecified atom stereocenters. The highest BCUT2D eigenvalue weighted by Crippen LogP contribution is 2.38. The third-order valence-corrected chi connectivity index (χ3v) is 6.80. The minimum absolute atomic E-state index is 0.153. The molecule has 0 spiro atoms. The first-order chi connectivity index (χ1) is 14.5. The van der Waals surface area contributed by atoms with Crippen molar-refractivity contribution in [1.29, 1.82) is 0 Å². The fraction of sp³-hybridized carbons (Fsp3) is 0.462. The van der Waals surface area contributed by atoms with Crippen molar-refractivity contribution in [3.63, 3.8) is 0 Å². The molecule has 1 heterocycles. The maximum atomic E-state index is 12.2. The first-order valence-electron chi connectivity index (χ1n) is 11.2. The average molecular weight is 405 g/mol. The van der Waals surface area contributed by atoms with Gasteiger partial charge in [-0.25, -0.2) is 0 Å². The fourth-order valence-electron chi connectivity index (χ4n) is 5.14. The molecular formula is C26H32N2O2.